The van der Waals surface area contributed by atoms with E-state index in [1.807, 2.05) is 0 Å². The molecule has 6 atom stereocenters. The van der Waals surface area contributed by atoms with Crippen LogP contribution in [0.4, 0.5) is 0 Å². The van der Waals surface area contributed by atoms with Crippen LogP contribution < -0.4 is 0 Å². The molecule has 1 aliphatic rings. The maximum Gasteiger partial charge on any atom is 0.472 e. The van der Waals surface area contributed by atoms with Gasteiger partial charge in [0.15, 0.2) is 0 Å². The number of phosphoric acid groups is 1. The van der Waals surface area contributed by atoms with Gasteiger partial charge in [0.1, 0.15) is 42.7 Å². The summed E-state index contributed by atoms with van der Waals surface area (Å²) in [6.07, 6.45) is 47.2. The average molecular weight is 947 g/mol. The summed E-state index contributed by atoms with van der Waals surface area (Å²) in [5.74, 6) is -0.508. The number of carbonyl (C=O) groups excluding carboxylic acids is 1. The molecule has 0 spiro atoms. The Morgan fingerprint density at radius 2 is 0.848 bits per heavy atom. The van der Waals surface area contributed by atoms with Crippen molar-refractivity contribution in [2.24, 2.45) is 0 Å². The molecule has 0 bridgehead atoms. The van der Waals surface area contributed by atoms with E-state index in [1.54, 1.807) is 0 Å². The largest absolute Gasteiger partial charge is 0.472 e. The highest BCUT2D eigenvalue weighted by Crippen LogP contribution is 2.47. The zero-order valence-corrected chi connectivity index (χ0v) is 41.1. The van der Waals surface area contributed by atoms with Gasteiger partial charge >= 0.3 is 13.8 Å². The molecule has 1 saturated carbocycles. The number of hydrogen-bond donors (Lipinski definition) is 6. The molecule has 0 saturated heterocycles. The van der Waals surface area contributed by atoms with Crippen molar-refractivity contribution in [1.29, 1.82) is 0 Å². The average Bonchev–Trinajstić information content (AvgIpc) is 3.30. The minimum absolute atomic E-state index is 0.105. The van der Waals surface area contributed by atoms with Gasteiger partial charge in [0.05, 0.1) is 13.2 Å². The number of carbonyl (C=O) groups is 1. The number of hydrogen-bond acceptors (Lipinski definition) is 11. The topological polar surface area (TPSA) is 192 Å². The SMILES string of the molecule is CC/C=C\C/C=C\C/C=C\C/C=C\C/C=C\CCCCCCCC(=O)OC(COCCCCCCC/C=C\C/C=C\C/C=C\C/C=C\CC)COP(=O)(O)OC1C(O)C(O)C(O)C(O)C1O. The van der Waals surface area contributed by atoms with Gasteiger partial charge in [0, 0.05) is 13.0 Å². The monoisotopic (exact) mass is 947 g/mol. The molecule has 0 aliphatic heterocycles. The van der Waals surface area contributed by atoms with Gasteiger partial charge < -0.3 is 39.9 Å². The first-order valence-corrected chi connectivity index (χ1v) is 26.2. The highest BCUT2D eigenvalue weighted by atomic mass is 31.2. The van der Waals surface area contributed by atoms with Gasteiger partial charge in [-0.25, -0.2) is 4.57 Å². The molecule has 0 aromatic heterocycles. The van der Waals surface area contributed by atoms with Gasteiger partial charge in [-0.15, -0.1) is 0 Å². The van der Waals surface area contributed by atoms with Crippen molar-refractivity contribution in [2.75, 3.05) is 19.8 Å². The predicted octanol–water partition coefficient (Wildman–Crippen LogP) is 10.9. The van der Waals surface area contributed by atoms with E-state index >= 15 is 0 Å². The lowest BCUT2D eigenvalue weighted by molar-refractivity contribution is -0.220. The van der Waals surface area contributed by atoms with Crippen LogP contribution in [0.3, 0.4) is 0 Å². The van der Waals surface area contributed by atoms with E-state index in [1.165, 1.54) is 0 Å². The van der Waals surface area contributed by atoms with Crippen LogP contribution in [-0.2, 0) is 27.9 Å². The second kappa shape index (κ2) is 42.1. The number of ether oxygens (including phenoxy) is 2. The van der Waals surface area contributed by atoms with Gasteiger partial charge in [-0.3, -0.25) is 13.8 Å². The minimum Gasteiger partial charge on any atom is -0.457 e. The van der Waals surface area contributed by atoms with E-state index in [9.17, 15) is 39.8 Å². The molecular formula is C53H87O12P. The van der Waals surface area contributed by atoms with Crippen molar-refractivity contribution in [3.05, 3.63) is 109 Å². The van der Waals surface area contributed by atoms with E-state index in [-0.39, 0.29) is 13.0 Å². The Morgan fingerprint density at radius 3 is 1.29 bits per heavy atom. The number of unbranched alkanes of at least 4 members (excludes halogenated alkanes) is 10. The molecule has 66 heavy (non-hydrogen) atoms. The Morgan fingerprint density at radius 1 is 0.485 bits per heavy atom. The Hall–Kier alpha value is -3.00. The van der Waals surface area contributed by atoms with Crippen LogP contribution in [0.2, 0.25) is 0 Å². The third-order valence-corrected chi connectivity index (χ3v) is 11.6. The summed E-state index contributed by atoms with van der Waals surface area (Å²) in [7, 11) is -5.04. The summed E-state index contributed by atoms with van der Waals surface area (Å²) in [6, 6.07) is 0. The quantitative estimate of drug-likeness (QED) is 0.0148. The Balaban J connectivity index is 2.41. The Kier molecular flexibility index (Phi) is 38.9. The highest BCUT2D eigenvalue weighted by molar-refractivity contribution is 7.47. The first-order valence-electron chi connectivity index (χ1n) is 24.7. The summed E-state index contributed by atoms with van der Waals surface area (Å²) in [4.78, 5) is 23.2. The lowest BCUT2D eigenvalue weighted by Gasteiger charge is -2.41. The fraction of sp³-hybridized carbons (Fsp3) is 0.642. The van der Waals surface area contributed by atoms with Crippen molar-refractivity contribution < 1.29 is 58.3 Å². The second-order valence-corrected chi connectivity index (χ2v) is 18.0. The van der Waals surface area contributed by atoms with E-state index in [2.05, 4.69) is 123 Å². The fourth-order valence-corrected chi connectivity index (χ4v) is 7.76. The van der Waals surface area contributed by atoms with Gasteiger partial charge in [-0.2, -0.15) is 0 Å². The summed E-state index contributed by atoms with van der Waals surface area (Å²) in [5.41, 5.74) is 0. The lowest BCUT2D eigenvalue weighted by Crippen LogP contribution is -2.64. The van der Waals surface area contributed by atoms with Crippen molar-refractivity contribution in [3.8, 4) is 0 Å². The summed E-state index contributed by atoms with van der Waals surface area (Å²) < 4.78 is 34.2. The summed E-state index contributed by atoms with van der Waals surface area (Å²) in [5, 5.41) is 50.3. The summed E-state index contributed by atoms with van der Waals surface area (Å²) >= 11 is 0. The zero-order chi connectivity index (χ0) is 48.4. The van der Waals surface area contributed by atoms with Gasteiger partial charge in [-0.05, 0) is 96.3 Å². The molecule has 0 radical (unpaired) electrons. The standard InChI is InChI=1S/C53H87O12P/c1-3-5-7-9-11-13-15-17-19-21-23-24-25-26-28-30-32-34-36-38-40-42-47(54)64-46(45-63-66(60,61)65-53-51(58)49(56)48(55)50(57)52(53)59)44-62-43-41-39-37-35-33-31-29-27-22-20-18-16-14-12-10-8-6-4-2/h5-8,11-14,17-20,23-24,26-29,46,48-53,55-59H,3-4,9-10,15-16,21-22,25,30-45H2,1-2H3,(H,60,61)/b7-5-,8-6-,13-11-,14-12-,19-17-,20-18-,24-23-,28-26-,29-27-. The van der Waals surface area contributed by atoms with Crippen LogP contribution in [0.15, 0.2) is 109 Å². The van der Waals surface area contributed by atoms with Crippen LogP contribution in [0.5, 0.6) is 0 Å². The number of allylic oxidation sites excluding steroid dienone is 18. The molecule has 13 heteroatoms. The number of rotatable bonds is 40. The van der Waals surface area contributed by atoms with E-state index in [0.717, 1.165) is 128 Å². The fourth-order valence-electron chi connectivity index (χ4n) is 6.78. The van der Waals surface area contributed by atoms with Crippen LogP contribution >= 0.6 is 7.82 Å². The molecule has 6 N–H and O–H groups in total. The van der Waals surface area contributed by atoms with E-state index in [4.69, 9.17) is 18.5 Å². The maximum atomic E-state index is 12.8. The molecule has 6 unspecified atom stereocenters. The lowest BCUT2D eigenvalue weighted by atomic mass is 9.85. The normalized spacial score (nSPS) is 22.4. The van der Waals surface area contributed by atoms with Crippen molar-refractivity contribution in [3.63, 3.8) is 0 Å². The number of esters is 1. The van der Waals surface area contributed by atoms with Crippen molar-refractivity contribution in [1.82, 2.24) is 0 Å². The van der Waals surface area contributed by atoms with Crippen molar-refractivity contribution in [2.45, 2.75) is 198 Å². The first-order chi connectivity index (χ1) is 32.0. The van der Waals surface area contributed by atoms with Crippen LogP contribution in [0, 0.1) is 0 Å². The Bertz CT molecular complexity index is 1500. The third-order valence-electron chi connectivity index (χ3n) is 10.6. The molecule has 0 amide bonds. The molecule has 0 aromatic carbocycles. The van der Waals surface area contributed by atoms with E-state index in [0.29, 0.717) is 13.0 Å². The predicted molar refractivity (Wildman–Crippen MR) is 267 cm³/mol. The van der Waals surface area contributed by atoms with Gasteiger partial charge in [-0.1, -0.05) is 162 Å². The third kappa shape index (κ3) is 33.5. The van der Waals surface area contributed by atoms with Crippen molar-refractivity contribution >= 4 is 13.8 Å². The molecule has 1 fully saturated rings. The second-order valence-electron chi connectivity index (χ2n) is 16.5. The van der Waals surface area contributed by atoms with Crippen LogP contribution in [0.25, 0.3) is 0 Å². The number of phosphoric ester groups is 1. The molecule has 1 aliphatic carbocycles. The molecule has 0 aromatic rings. The van der Waals surface area contributed by atoms with Gasteiger partial charge in [0.25, 0.3) is 0 Å². The molecule has 376 valence electrons. The smallest absolute Gasteiger partial charge is 0.457 e. The Labute approximate surface area is 397 Å². The molecule has 0 heterocycles. The van der Waals surface area contributed by atoms with Crippen LogP contribution in [-0.4, -0.2) is 98.9 Å². The number of aliphatic hydroxyl groups excluding tert-OH is 5. The number of aliphatic hydroxyl groups is 5. The van der Waals surface area contributed by atoms with Gasteiger partial charge in [0.2, 0.25) is 0 Å². The zero-order valence-electron chi connectivity index (χ0n) is 40.2. The maximum absolute atomic E-state index is 12.8. The van der Waals surface area contributed by atoms with E-state index < -0.39 is 63.1 Å². The first kappa shape index (κ1) is 61.0. The summed E-state index contributed by atoms with van der Waals surface area (Å²) in [6.45, 7) is 3.95. The molecule has 12 nitrogen and oxygen atoms in total. The molecular weight excluding hydrogens is 860 g/mol. The highest BCUT2D eigenvalue weighted by Gasteiger charge is 2.51. The molecule has 1 rings (SSSR count). The van der Waals surface area contributed by atoms with Crippen LogP contribution in [0.1, 0.15) is 155 Å². The minimum atomic E-state index is -5.04.